The Kier molecular flexibility index (Phi) is 3.05. The lowest BCUT2D eigenvalue weighted by Gasteiger charge is -2.18. The van der Waals surface area contributed by atoms with E-state index in [0.717, 1.165) is 27.9 Å². The van der Waals surface area contributed by atoms with E-state index in [-0.39, 0.29) is 5.60 Å². The zero-order valence-corrected chi connectivity index (χ0v) is 13.5. The average Bonchev–Trinajstić information content (AvgIpc) is 2.81. The van der Waals surface area contributed by atoms with Gasteiger partial charge in [-0.2, -0.15) is 5.10 Å². The first-order valence-electron chi connectivity index (χ1n) is 6.65. The summed E-state index contributed by atoms with van der Waals surface area (Å²) in [6.07, 6.45) is 0.938. The van der Waals surface area contributed by atoms with Crippen LogP contribution in [0.2, 0.25) is 0 Å². The lowest BCUT2D eigenvalue weighted by molar-refractivity contribution is 0.137. The number of halogens is 1. The van der Waals surface area contributed by atoms with E-state index >= 15 is 0 Å². The molecule has 0 atom stereocenters. The SMILES string of the molecule is Cc1nn(Cc2cccc3c2OC(C)(C)C3)c(N)c1Br. The summed E-state index contributed by atoms with van der Waals surface area (Å²) < 4.78 is 8.76. The second-order valence-electron chi connectivity index (χ2n) is 5.89. The van der Waals surface area contributed by atoms with Gasteiger partial charge in [-0.3, -0.25) is 0 Å². The molecule has 2 N–H and O–H groups in total. The maximum atomic E-state index is 6.08. The molecule has 0 spiro atoms. The van der Waals surface area contributed by atoms with Crippen LogP contribution in [0.1, 0.15) is 30.7 Å². The average molecular weight is 336 g/mol. The lowest BCUT2D eigenvalue weighted by Crippen LogP contribution is -2.25. The van der Waals surface area contributed by atoms with Crippen LogP contribution in [-0.2, 0) is 13.0 Å². The Balaban J connectivity index is 1.97. The van der Waals surface area contributed by atoms with E-state index in [1.54, 1.807) is 0 Å². The van der Waals surface area contributed by atoms with Crippen LogP contribution >= 0.6 is 15.9 Å². The van der Waals surface area contributed by atoms with E-state index in [2.05, 4.69) is 53.1 Å². The molecule has 0 saturated carbocycles. The molecule has 2 aromatic rings. The molecule has 1 aliphatic rings. The normalized spacial score (nSPS) is 16.0. The molecule has 0 amide bonds. The number of fused-ring (bicyclic) bond motifs is 1. The van der Waals surface area contributed by atoms with Crippen LogP contribution < -0.4 is 10.5 Å². The van der Waals surface area contributed by atoms with Crippen LogP contribution in [0.5, 0.6) is 5.75 Å². The van der Waals surface area contributed by atoms with Gasteiger partial charge in [0.15, 0.2) is 0 Å². The maximum absolute atomic E-state index is 6.08. The van der Waals surface area contributed by atoms with Gasteiger partial charge in [-0.25, -0.2) is 4.68 Å². The Morgan fingerprint density at radius 3 is 2.85 bits per heavy atom. The van der Waals surface area contributed by atoms with Crippen molar-refractivity contribution < 1.29 is 4.74 Å². The fraction of sp³-hybridized carbons (Fsp3) is 0.400. The first-order valence-corrected chi connectivity index (χ1v) is 7.45. The third kappa shape index (κ3) is 2.20. The fourth-order valence-corrected chi connectivity index (χ4v) is 2.95. The summed E-state index contributed by atoms with van der Waals surface area (Å²) in [4.78, 5) is 0. The molecule has 0 radical (unpaired) electrons. The van der Waals surface area contributed by atoms with Crippen LogP contribution in [-0.4, -0.2) is 15.4 Å². The van der Waals surface area contributed by atoms with Gasteiger partial charge in [0.2, 0.25) is 0 Å². The Labute approximate surface area is 127 Å². The summed E-state index contributed by atoms with van der Waals surface area (Å²) in [5.41, 5.74) is 9.21. The number of benzene rings is 1. The standard InChI is InChI=1S/C15H18BrN3O/c1-9-12(16)14(17)19(18-9)8-11-6-4-5-10-7-15(2,3)20-13(10)11/h4-6H,7-8,17H2,1-3H3. The van der Waals surface area contributed by atoms with Crippen molar-refractivity contribution in [2.45, 2.75) is 39.3 Å². The lowest BCUT2D eigenvalue weighted by atomic mass is 10.0. The highest BCUT2D eigenvalue weighted by molar-refractivity contribution is 9.10. The van der Waals surface area contributed by atoms with Gasteiger partial charge in [0, 0.05) is 12.0 Å². The molecule has 3 rings (SSSR count). The van der Waals surface area contributed by atoms with E-state index in [0.29, 0.717) is 12.4 Å². The molecule has 0 fully saturated rings. The smallest absolute Gasteiger partial charge is 0.136 e. The van der Waals surface area contributed by atoms with Crippen LogP contribution in [0.25, 0.3) is 0 Å². The van der Waals surface area contributed by atoms with E-state index in [4.69, 9.17) is 10.5 Å². The second kappa shape index (κ2) is 4.52. The van der Waals surface area contributed by atoms with Gasteiger partial charge in [-0.05, 0) is 42.3 Å². The quantitative estimate of drug-likeness (QED) is 0.916. The Hall–Kier alpha value is -1.49. The highest BCUT2D eigenvalue weighted by Gasteiger charge is 2.31. The minimum Gasteiger partial charge on any atom is -0.487 e. The van der Waals surface area contributed by atoms with Gasteiger partial charge in [0.1, 0.15) is 17.2 Å². The number of hydrogen-bond donors (Lipinski definition) is 1. The predicted molar refractivity (Wildman–Crippen MR) is 83.0 cm³/mol. The second-order valence-corrected chi connectivity index (χ2v) is 6.68. The minimum absolute atomic E-state index is 0.134. The molecule has 0 saturated heterocycles. The molecule has 20 heavy (non-hydrogen) atoms. The third-order valence-electron chi connectivity index (χ3n) is 3.58. The molecule has 0 unspecified atom stereocenters. The topological polar surface area (TPSA) is 53.1 Å². The molecule has 0 aliphatic carbocycles. The highest BCUT2D eigenvalue weighted by atomic mass is 79.9. The Bertz CT molecular complexity index is 676. The molecular weight excluding hydrogens is 318 g/mol. The van der Waals surface area contributed by atoms with Crippen molar-refractivity contribution in [1.82, 2.24) is 9.78 Å². The summed E-state index contributed by atoms with van der Waals surface area (Å²) in [5.74, 6) is 1.64. The Morgan fingerprint density at radius 2 is 2.20 bits per heavy atom. The summed E-state index contributed by atoms with van der Waals surface area (Å²) in [6, 6.07) is 6.27. The molecule has 4 nitrogen and oxygen atoms in total. The van der Waals surface area contributed by atoms with E-state index < -0.39 is 0 Å². The summed E-state index contributed by atoms with van der Waals surface area (Å²) >= 11 is 3.45. The molecule has 2 heterocycles. The maximum Gasteiger partial charge on any atom is 0.136 e. The Morgan fingerprint density at radius 1 is 1.45 bits per heavy atom. The van der Waals surface area contributed by atoms with Crippen LogP contribution in [0.3, 0.4) is 0 Å². The van der Waals surface area contributed by atoms with E-state index in [9.17, 15) is 0 Å². The molecule has 5 heteroatoms. The number of anilines is 1. The van der Waals surface area contributed by atoms with Gasteiger partial charge >= 0.3 is 0 Å². The molecule has 1 aromatic heterocycles. The van der Waals surface area contributed by atoms with Gasteiger partial charge in [-0.1, -0.05) is 18.2 Å². The zero-order valence-electron chi connectivity index (χ0n) is 11.9. The minimum atomic E-state index is -0.134. The van der Waals surface area contributed by atoms with E-state index in [1.807, 2.05) is 11.6 Å². The summed E-state index contributed by atoms with van der Waals surface area (Å²) in [7, 11) is 0. The number of rotatable bonds is 2. The summed E-state index contributed by atoms with van der Waals surface area (Å²) in [5, 5.41) is 4.46. The summed E-state index contributed by atoms with van der Waals surface area (Å²) in [6.45, 7) is 6.78. The third-order valence-corrected chi connectivity index (χ3v) is 4.56. The van der Waals surface area contributed by atoms with Crippen LogP contribution in [0.4, 0.5) is 5.82 Å². The van der Waals surface area contributed by atoms with E-state index in [1.165, 1.54) is 5.56 Å². The molecule has 1 aromatic carbocycles. The number of aromatic nitrogens is 2. The zero-order chi connectivity index (χ0) is 14.5. The molecule has 0 bridgehead atoms. The number of nitrogen functional groups attached to an aromatic ring is 1. The highest BCUT2D eigenvalue weighted by Crippen LogP contribution is 2.38. The fourth-order valence-electron chi connectivity index (χ4n) is 2.66. The van der Waals surface area contributed by atoms with Crippen molar-refractivity contribution in [2.24, 2.45) is 0 Å². The number of para-hydroxylation sites is 1. The van der Waals surface area contributed by atoms with Crippen LogP contribution in [0, 0.1) is 6.92 Å². The van der Waals surface area contributed by atoms with Crippen molar-refractivity contribution in [1.29, 1.82) is 0 Å². The number of hydrogen-bond acceptors (Lipinski definition) is 3. The number of aryl methyl sites for hydroxylation is 1. The largest absolute Gasteiger partial charge is 0.487 e. The predicted octanol–water partition coefficient (Wildman–Crippen LogP) is 3.30. The first kappa shape index (κ1) is 13.5. The molecular formula is C15H18BrN3O. The number of ether oxygens (including phenoxy) is 1. The first-order chi connectivity index (χ1) is 9.37. The van der Waals surface area contributed by atoms with Crippen molar-refractivity contribution in [3.8, 4) is 5.75 Å². The molecule has 1 aliphatic heterocycles. The van der Waals surface area contributed by atoms with Gasteiger partial charge < -0.3 is 10.5 Å². The van der Waals surface area contributed by atoms with Gasteiger partial charge in [-0.15, -0.1) is 0 Å². The van der Waals surface area contributed by atoms with Crippen molar-refractivity contribution in [3.63, 3.8) is 0 Å². The monoisotopic (exact) mass is 335 g/mol. The van der Waals surface area contributed by atoms with Crippen LogP contribution in [0.15, 0.2) is 22.7 Å². The van der Waals surface area contributed by atoms with Gasteiger partial charge in [0.25, 0.3) is 0 Å². The van der Waals surface area contributed by atoms with Gasteiger partial charge in [0.05, 0.1) is 16.7 Å². The van der Waals surface area contributed by atoms with Crippen molar-refractivity contribution in [3.05, 3.63) is 39.5 Å². The number of nitrogens with two attached hydrogens (primary N) is 1. The molecule has 106 valence electrons. The van der Waals surface area contributed by atoms with Crippen molar-refractivity contribution in [2.75, 3.05) is 5.73 Å². The number of nitrogens with zero attached hydrogens (tertiary/aromatic N) is 2. The van der Waals surface area contributed by atoms with Crippen molar-refractivity contribution >= 4 is 21.7 Å².